The monoisotopic (exact) mass is 270 g/mol. The van der Waals surface area contributed by atoms with Crippen LogP contribution in [0.25, 0.3) is 11.4 Å². The number of aromatic nitrogens is 2. The molecule has 0 aliphatic heterocycles. The van der Waals surface area contributed by atoms with Crippen LogP contribution in [-0.2, 0) is 6.42 Å². The summed E-state index contributed by atoms with van der Waals surface area (Å²) in [4.78, 5) is 4.28. The number of nitrogens with zero attached hydrogens (tertiary/aromatic N) is 2. The van der Waals surface area contributed by atoms with Crippen molar-refractivity contribution in [2.24, 2.45) is 0 Å². The van der Waals surface area contributed by atoms with Gasteiger partial charge in [0.2, 0.25) is 11.7 Å². The number of aliphatic hydroxyl groups excluding tert-OH is 1. The molecule has 0 spiro atoms. The topological polar surface area (TPSA) is 72.3 Å². The smallest absolute Gasteiger partial charge is 0.229 e. The average molecular weight is 270 g/mol. The van der Waals surface area contributed by atoms with Crippen molar-refractivity contribution in [1.82, 2.24) is 10.1 Å². The molecule has 1 atom stereocenters. The van der Waals surface area contributed by atoms with Gasteiger partial charge in [0, 0.05) is 0 Å². The van der Waals surface area contributed by atoms with Crippen molar-refractivity contribution in [3.63, 3.8) is 0 Å². The molecule has 102 valence electrons. The van der Waals surface area contributed by atoms with Gasteiger partial charge in [-0.2, -0.15) is 4.98 Å². The highest BCUT2D eigenvalue weighted by atomic mass is 16.5. The maximum absolute atomic E-state index is 10.1. The molecule has 3 aromatic rings. The zero-order valence-electron chi connectivity index (χ0n) is 11.0. The minimum absolute atomic E-state index is 0.286. The van der Waals surface area contributed by atoms with Gasteiger partial charge in [-0.05, 0) is 18.6 Å². The Hall–Kier alpha value is -2.40. The molecule has 3 rings (SSSR count). The Balaban J connectivity index is 1.77. The number of aryl methyl sites for hydroxylation is 1. The Labute approximate surface area is 115 Å². The van der Waals surface area contributed by atoms with Crippen molar-refractivity contribution in [3.8, 4) is 11.4 Å². The minimum Gasteiger partial charge on any atom is -0.469 e. The maximum Gasteiger partial charge on any atom is 0.229 e. The molecule has 2 aromatic heterocycles. The SMILES string of the molecule is Cc1occc1-c1noc(CC(O)c2ccccc2)n1. The first-order valence-electron chi connectivity index (χ1n) is 6.34. The van der Waals surface area contributed by atoms with E-state index in [9.17, 15) is 5.11 Å². The van der Waals surface area contributed by atoms with Gasteiger partial charge in [0.1, 0.15) is 5.76 Å². The van der Waals surface area contributed by atoms with Gasteiger partial charge in [-0.15, -0.1) is 0 Å². The normalized spacial score (nSPS) is 12.5. The number of hydrogen-bond donors (Lipinski definition) is 1. The highest BCUT2D eigenvalue weighted by Crippen LogP contribution is 2.23. The van der Waals surface area contributed by atoms with E-state index >= 15 is 0 Å². The summed E-state index contributed by atoms with van der Waals surface area (Å²) >= 11 is 0. The molecule has 1 aromatic carbocycles. The fraction of sp³-hybridized carbons (Fsp3) is 0.200. The third kappa shape index (κ3) is 2.48. The molecule has 5 heteroatoms. The molecule has 0 fully saturated rings. The molecular formula is C15H14N2O3. The fourth-order valence-electron chi connectivity index (χ4n) is 2.02. The van der Waals surface area contributed by atoms with E-state index in [4.69, 9.17) is 8.94 Å². The van der Waals surface area contributed by atoms with Crippen LogP contribution in [0, 0.1) is 6.92 Å². The largest absolute Gasteiger partial charge is 0.469 e. The van der Waals surface area contributed by atoms with Crippen LogP contribution in [0.15, 0.2) is 51.6 Å². The molecular weight excluding hydrogens is 256 g/mol. The van der Waals surface area contributed by atoms with Crippen molar-refractivity contribution in [3.05, 3.63) is 59.9 Å². The molecule has 20 heavy (non-hydrogen) atoms. The summed E-state index contributed by atoms with van der Waals surface area (Å²) in [6, 6.07) is 11.2. The summed E-state index contributed by atoms with van der Waals surface area (Å²) in [5.74, 6) is 1.62. The summed E-state index contributed by atoms with van der Waals surface area (Å²) in [5, 5.41) is 14.0. The molecule has 0 bridgehead atoms. The Bertz CT molecular complexity index is 688. The van der Waals surface area contributed by atoms with Crippen LogP contribution in [0.4, 0.5) is 0 Å². The predicted molar refractivity (Wildman–Crippen MR) is 71.8 cm³/mol. The zero-order valence-corrected chi connectivity index (χ0v) is 11.0. The Morgan fingerprint density at radius 2 is 2.00 bits per heavy atom. The van der Waals surface area contributed by atoms with Crippen molar-refractivity contribution in [2.45, 2.75) is 19.4 Å². The summed E-state index contributed by atoms with van der Waals surface area (Å²) in [7, 11) is 0. The van der Waals surface area contributed by atoms with Crippen LogP contribution < -0.4 is 0 Å². The van der Waals surface area contributed by atoms with Crippen molar-refractivity contribution in [2.75, 3.05) is 0 Å². The van der Waals surface area contributed by atoms with Crippen molar-refractivity contribution < 1.29 is 14.0 Å². The van der Waals surface area contributed by atoms with Gasteiger partial charge >= 0.3 is 0 Å². The van der Waals surface area contributed by atoms with E-state index in [0.717, 1.165) is 16.9 Å². The van der Waals surface area contributed by atoms with Gasteiger partial charge in [-0.1, -0.05) is 35.5 Å². The van der Waals surface area contributed by atoms with E-state index in [1.165, 1.54) is 0 Å². The highest BCUT2D eigenvalue weighted by Gasteiger charge is 2.16. The zero-order chi connectivity index (χ0) is 13.9. The third-order valence-corrected chi connectivity index (χ3v) is 3.12. The summed E-state index contributed by atoms with van der Waals surface area (Å²) in [6.45, 7) is 1.84. The van der Waals surface area contributed by atoms with Crippen molar-refractivity contribution in [1.29, 1.82) is 0 Å². The molecule has 1 N–H and O–H groups in total. The number of benzene rings is 1. The maximum atomic E-state index is 10.1. The van der Waals surface area contributed by atoms with Gasteiger partial charge in [0.25, 0.3) is 0 Å². The molecule has 1 unspecified atom stereocenters. The second-order valence-corrected chi connectivity index (χ2v) is 4.53. The van der Waals surface area contributed by atoms with Crippen LogP contribution in [0.5, 0.6) is 0 Å². The number of aliphatic hydroxyl groups is 1. The van der Waals surface area contributed by atoms with Crippen molar-refractivity contribution >= 4 is 0 Å². The second kappa shape index (κ2) is 5.30. The molecule has 0 aliphatic carbocycles. The second-order valence-electron chi connectivity index (χ2n) is 4.53. The van der Waals surface area contributed by atoms with Gasteiger partial charge in [0.05, 0.1) is 24.4 Å². The first kappa shape index (κ1) is 12.6. The van der Waals surface area contributed by atoms with Crippen LogP contribution in [-0.4, -0.2) is 15.2 Å². The van der Waals surface area contributed by atoms with Crippen LogP contribution >= 0.6 is 0 Å². The summed E-state index contributed by atoms with van der Waals surface area (Å²) < 4.78 is 10.4. The minimum atomic E-state index is -0.657. The number of furan rings is 1. The molecule has 0 saturated heterocycles. The summed E-state index contributed by atoms with van der Waals surface area (Å²) in [6.07, 6.45) is 1.21. The molecule has 0 aliphatic rings. The molecule has 2 heterocycles. The van der Waals surface area contributed by atoms with E-state index in [-0.39, 0.29) is 6.42 Å². The Morgan fingerprint density at radius 1 is 1.20 bits per heavy atom. The first-order valence-corrected chi connectivity index (χ1v) is 6.34. The lowest BCUT2D eigenvalue weighted by Crippen LogP contribution is -2.01. The lowest BCUT2D eigenvalue weighted by atomic mass is 10.1. The molecule has 0 amide bonds. The summed E-state index contributed by atoms with van der Waals surface area (Å²) in [5.41, 5.74) is 1.63. The molecule has 0 radical (unpaired) electrons. The Kier molecular flexibility index (Phi) is 3.35. The van der Waals surface area contributed by atoms with Gasteiger partial charge in [0.15, 0.2) is 0 Å². The van der Waals surface area contributed by atoms with Gasteiger partial charge in [-0.3, -0.25) is 0 Å². The van der Waals surface area contributed by atoms with Gasteiger partial charge < -0.3 is 14.0 Å². The van der Waals surface area contributed by atoms with E-state index in [1.807, 2.05) is 37.3 Å². The van der Waals surface area contributed by atoms with Crippen LogP contribution in [0.3, 0.4) is 0 Å². The van der Waals surface area contributed by atoms with Crippen LogP contribution in [0.2, 0.25) is 0 Å². The number of hydrogen-bond acceptors (Lipinski definition) is 5. The third-order valence-electron chi connectivity index (χ3n) is 3.12. The predicted octanol–water partition coefficient (Wildman–Crippen LogP) is 2.91. The Morgan fingerprint density at radius 3 is 2.70 bits per heavy atom. The molecule has 0 saturated carbocycles. The quantitative estimate of drug-likeness (QED) is 0.789. The molecule has 5 nitrogen and oxygen atoms in total. The van der Waals surface area contributed by atoms with Crippen LogP contribution in [0.1, 0.15) is 23.3 Å². The highest BCUT2D eigenvalue weighted by molar-refractivity contribution is 5.56. The standard InChI is InChI=1S/C15H14N2O3/c1-10-12(7-8-19-10)15-16-14(20-17-15)9-13(18)11-5-3-2-4-6-11/h2-8,13,18H,9H2,1H3. The van der Waals surface area contributed by atoms with E-state index < -0.39 is 6.10 Å². The lowest BCUT2D eigenvalue weighted by molar-refractivity contribution is 0.165. The average Bonchev–Trinajstić information content (AvgIpc) is 3.08. The lowest BCUT2D eigenvalue weighted by Gasteiger charge is -2.07. The van der Waals surface area contributed by atoms with E-state index in [0.29, 0.717) is 11.7 Å². The van der Waals surface area contributed by atoms with E-state index in [1.54, 1.807) is 12.3 Å². The first-order chi connectivity index (χ1) is 9.74. The van der Waals surface area contributed by atoms with Gasteiger partial charge in [-0.25, -0.2) is 0 Å². The van der Waals surface area contributed by atoms with E-state index in [2.05, 4.69) is 10.1 Å². The fourth-order valence-corrected chi connectivity index (χ4v) is 2.02. The number of rotatable bonds is 4.